The molecule has 0 radical (unpaired) electrons. The fourth-order valence-corrected chi connectivity index (χ4v) is 3.91. The summed E-state index contributed by atoms with van der Waals surface area (Å²) in [7, 11) is 0. The Kier molecular flexibility index (Phi) is 5.30. The van der Waals surface area contributed by atoms with Gasteiger partial charge in [-0.2, -0.15) is 0 Å². The van der Waals surface area contributed by atoms with Crippen LogP contribution in [-0.2, 0) is 11.2 Å². The summed E-state index contributed by atoms with van der Waals surface area (Å²) < 4.78 is 0. The standard InChI is InChI=1S/C22H25N3O3/c26-20(24-28)12-3-1-2-7-15-8-6-10-18-21(15)25(16-13-14-16)19-11-5-4-9-17(19)22(27)23-18/h4-6,8-11,16,28H,1-3,7,12-14H2,(H,23,27)(H,24,26). The second-order valence-corrected chi connectivity index (χ2v) is 7.48. The van der Waals surface area contributed by atoms with Crippen LogP contribution in [-0.4, -0.2) is 23.1 Å². The Balaban J connectivity index is 1.60. The quantitative estimate of drug-likeness (QED) is 0.383. The fraction of sp³-hybridized carbons (Fsp3) is 0.364. The van der Waals surface area contributed by atoms with Gasteiger partial charge in [0.25, 0.3) is 5.91 Å². The lowest BCUT2D eigenvalue weighted by molar-refractivity contribution is -0.129. The summed E-state index contributed by atoms with van der Waals surface area (Å²) >= 11 is 0. The molecule has 0 unspecified atom stereocenters. The van der Waals surface area contributed by atoms with Gasteiger partial charge in [-0.1, -0.05) is 30.7 Å². The lowest BCUT2D eigenvalue weighted by Gasteiger charge is -2.28. The maximum absolute atomic E-state index is 12.8. The highest BCUT2D eigenvalue weighted by molar-refractivity contribution is 6.13. The van der Waals surface area contributed by atoms with Gasteiger partial charge in [-0.05, 0) is 55.9 Å². The number of nitrogens with one attached hydrogen (secondary N) is 2. The maximum Gasteiger partial charge on any atom is 0.257 e. The van der Waals surface area contributed by atoms with E-state index in [4.69, 9.17) is 5.21 Å². The number of hydrogen-bond donors (Lipinski definition) is 3. The minimum Gasteiger partial charge on any atom is -0.336 e. The lowest BCUT2D eigenvalue weighted by Crippen LogP contribution is -2.21. The number of aryl methyl sites for hydroxylation is 1. The predicted octanol–water partition coefficient (Wildman–Crippen LogP) is 4.16. The van der Waals surface area contributed by atoms with E-state index in [9.17, 15) is 9.59 Å². The van der Waals surface area contributed by atoms with Crippen LogP contribution in [0.15, 0.2) is 42.5 Å². The molecule has 1 heterocycles. The van der Waals surface area contributed by atoms with Crippen molar-refractivity contribution in [2.45, 2.75) is 51.0 Å². The van der Waals surface area contributed by atoms with E-state index >= 15 is 0 Å². The van der Waals surface area contributed by atoms with Gasteiger partial charge in [0.1, 0.15) is 0 Å². The van der Waals surface area contributed by atoms with E-state index in [-0.39, 0.29) is 11.8 Å². The van der Waals surface area contributed by atoms with Crippen LogP contribution < -0.4 is 15.7 Å². The molecule has 6 nitrogen and oxygen atoms in total. The molecule has 28 heavy (non-hydrogen) atoms. The van der Waals surface area contributed by atoms with Crippen LogP contribution >= 0.6 is 0 Å². The van der Waals surface area contributed by atoms with E-state index in [1.165, 1.54) is 5.56 Å². The van der Waals surface area contributed by atoms with Gasteiger partial charge in [-0.25, -0.2) is 5.48 Å². The summed E-state index contributed by atoms with van der Waals surface area (Å²) in [5.41, 5.74) is 6.56. The number of hydrogen-bond acceptors (Lipinski definition) is 4. The van der Waals surface area contributed by atoms with Gasteiger partial charge in [0.2, 0.25) is 5.91 Å². The molecule has 0 bridgehead atoms. The van der Waals surface area contributed by atoms with Gasteiger partial charge < -0.3 is 10.2 Å². The summed E-state index contributed by atoms with van der Waals surface area (Å²) in [6.45, 7) is 0. The Morgan fingerprint density at radius 2 is 1.93 bits per heavy atom. The first-order valence-corrected chi connectivity index (χ1v) is 9.93. The topological polar surface area (TPSA) is 81.7 Å². The number of carbonyl (C=O) groups excluding carboxylic acids is 2. The Labute approximate surface area is 164 Å². The highest BCUT2D eigenvalue weighted by Gasteiger charge is 2.36. The first kappa shape index (κ1) is 18.5. The third-order valence-corrected chi connectivity index (χ3v) is 5.40. The summed E-state index contributed by atoms with van der Waals surface area (Å²) in [6.07, 6.45) is 6.07. The van der Waals surface area contributed by atoms with Crippen molar-refractivity contribution >= 4 is 28.9 Å². The van der Waals surface area contributed by atoms with Crippen LogP contribution in [0.25, 0.3) is 0 Å². The Morgan fingerprint density at radius 1 is 1.11 bits per heavy atom. The summed E-state index contributed by atoms with van der Waals surface area (Å²) in [5, 5.41) is 11.7. The molecule has 0 saturated heterocycles. The number of amides is 2. The summed E-state index contributed by atoms with van der Waals surface area (Å²) in [5.74, 6) is -0.403. The smallest absolute Gasteiger partial charge is 0.257 e. The second kappa shape index (κ2) is 8.02. The largest absolute Gasteiger partial charge is 0.336 e. The molecule has 2 aliphatic rings. The number of carbonyl (C=O) groups is 2. The lowest BCUT2D eigenvalue weighted by atomic mass is 10.0. The molecule has 4 rings (SSSR count). The number of benzene rings is 2. The zero-order chi connectivity index (χ0) is 19.5. The van der Waals surface area contributed by atoms with Crippen molar-refractivity contribution in [3.63, 3.8) is 0 Å². The van der Waals surface area contributed by atoms with Crippen LogP contribution in [0.3, 0.4) is 0 Å². The SMILES string of the molecule is O=C(CCCCCc1cccc2c1N(C1CC1)c1ccccc1C(=O)N2)NO. The van der Waals surface area contributed by atoms with E-state index in [1.54, 1.807) is 5.48 Å². The van der Waals surface area contributed by atoms with Crippen molar-refractivity contribution < 1.29 is 14.8 Å². The molecular formula is C22H25N3O3. The minimum atomic E-state index is -0.340. The molecule has 1 aliphatic carbocycles. The molecule has 2 aromatic carbocycles. The van der Waals surface area contributed by atoms with Crippen molar-refractivity contribution in [1.29, 1.82) is 0 Å². The molecule has 2 amide bonds. The maximum atomic E-state index is 12.8. The van der Waals surface area contributed by atoms with E-state index in [0.29, 0.717) is 18.0 Å². The number of nitrogens with zero attached hydrogens (tertiary/aromatic N) is 1. The number of unbranched alkanes of at least 4 members (excludes halogenated alkanes) is 2. The molecular weight excluding hydrogens is 354 g/mol. The number of para-hydroxylation sites is 2. The van der Waals surface area contributed by atoms with Crippen molar-refractivity contribution in [1.82, 2.24) is 5.48 Å². The average molecular weight is 379 g/mol. The zero-order valence-electron chi connectivity index (χ0n) is 15.8. The number of rotatable bonds is 7. The second-order valence-electron chi connectivity index (χ2n) is 7.48. The van der Waals surface area contributed by atoms with Gasteiger partial charge in [0.05, 0.1) is 22.6 Å². The number of hydroxylamine groups is 1. The molecule has 0 atom stereocenters. The Bertz CT molecular complexity index is 892. The van der Waals surface area contributed by atoms with Crippen LogP contribution in [0.5, 0.6) is 0 Å². The molecule has 0 spiro atoms. The van der Waals surface area contributed by atoms with Gasteiger partial charge in [-0.15, -0.1) is 0 Å². The third kappa shape index (κ3) is 3.73. The van der Waals surface area contributed by atoms with Gasteiger partial charge >= 0.3 is 0 Å². The van der Waals surface area contributed by atoms with Crippen molar-refractivity contribution in [3.05, 3.63) is 53.6 Å². The van der Waals surface area contributed by atoms with Crippen molar-refractivity contribution in [2.24, 2.45) is 0 Å². The number of fused-ring (bicyclic) bond motifs is 2. The number of anilines is 3. The molecule has 1 aliphatic heterocycles. The third-order valence-electron chi connectivity index (χ3n) is 5.40. The van der Waals surface area contributed by atoms with Gasteiger partial charge in [0, 0.05) is 12.5 Å². The summed E-state index contributed by atoms with van der Waals surface area (Å²) in [4.78, 5) is 26.2. The van der Waals surface area contributed by atoms with E-state index < -0.39 is 0 Å². The molecule has 3 N–H and O–H groups in total. The monoisotopic (exact) mass is 379 g/mol. The van der Waals surface area contributed by atoms with Crippen LogP contribution in [0, 0.1) is 0 Å². The van der Waals surface area contributed by atoms with Gasteiger partial charge in [-0.3, -0.25) is 14.8 Å². The normalized spacial score (nSPS) is 15.3. The molecule has 146 valence electrons. The first-order valence-electron chi connectivity index (χ1n) is 9.93. The minimum absolute atomic E-state index is 0.0628. The van der Waals surface area contributed by atoms with Gasteiger partial charge in [0.15, 0.2) is 0 Å². The average Bonchev–Trinajstić information content (AvgIpc) is 3.55. The summed E-state index contributed by atoms with van der Waals surface area (Å²) in [6, 6.07) is 14.4. The Hall–Kier alpha value is -2.86. The fourth-order valence-electron chi connectivity index (χ4n) is 3.91. The molecule has 1 saturated carbocycles. The predicted molar refractivity (Wildman–Crippen MR) is 108 cm³/mol. The van der Waals surface area contributed by atoms with E-state index in [2.05, 4.69) is 16.3 Å². The van der Waals surface area contributed by atoms with Crippen molar-refractivity contribution in [2.75, 3.05) is 10.2 Å². The molecule has 1 fully saturated rings. The zero-order valence-corrected chi connectivity index (χ0v) is 15.8. The first-order chi connectivity index (χ1) is 13.7. The van der Waals surface area contributed by atoms with Crippen LogP contribution in [0.1, 0.15) is 54.4 Å². The van der Waals surface area contributed by atoms with Crippen LogP contribution in [0.4, 0.5) is 17.1 Å². The molecule has 0 aromatic heterocycles. The Morgan fingerprint density at radius 3 is 2.71 bits per heavy atom. The van der Waals surface area contributed by atoms with E-state index in [0.717, 1.165) is 55.6 Å². The highest BCUT2D eigenvalue weighted by atomic mass is 16.5. The van der Waals surface area contributed by atoms with Crippen molar-refractivity contribution in [3.8, 4) is 0 Å². The molecule has 6 heteroatoms. The van der Waals surface area contributed by atoms with E-state index in [1.807, 2.05) is 36.4 Å². The highest BCUT2D eigenvalue weighted by Crippen LogP contribution is 2.46. The molecule has 2 aromatic rings. The van der Waals surface area contributed by atoms with Crippen LogP contribution in [0.2, 0.25) is 0 Å².